The van der Waals surface area contributed by atoms with Gasteiger partial charge < -0.3 is 0 Å². The van der Waals surface area contributed by atoms with Gasteiger partial charge in [-0.1, -0.05) is 243 Å². The van der Waals surface area contributed by atoms with E-state index in [0.717, 1.165) is 87.6 Å². The highest BCUT2D eigenvalue weighted by Gasteiger charge is 2.70. The molecule has 0 spiro atoms. The molecule has 0 aliphatic carbocycles. The van der Waals surface area contributed by atoms with E-state index in [1.807, 2.05) is 0 Å². The Labute approximate surface area is 364 Å². The maximum atomic E-state index is 9.49. The SMILES string of the molecule is Cl[Si]1([Si]2(Cl)C(c3ccccc3)=C(c3ccccc3)C(c3ccccc3)=C2c2ccccc2)C(c2ccccc2)=C(c2ccccc2)C(c2ccccc2)=C1c1ccccc1. The van der Waals surface area contributed by atoms with Crippen molar-refractivity contribution >= 4 is 79.0 Å². The van der Waals surface area contributed by atoms with Gasteiger partial charge in [0.05, 0.1) is 0 Å². The van der Waals surface area contributed by atoms with Crippen molar-refractivity contribution in [2.45, 2.75) is 0 Å². The first kappa shape index (κ1) is 38.0. The summed E-state index contributed by atoms with van der Waals surface area (Å²) in [4.78, 5) is 0. The number of benzene rings is 8. The minimum absolute atomic E-state index is 1.10. The number of halogens is 2. The van der Waals surface area contributed by atoms with E-state index in [0.29, 0.717) is 0 Å². The second-order valence-corrected chi connectivity index (χ2v) is 29.7. The van der Waals surface area contributed by atoms with Crippen LogP contribution >= 0.6 is 22.2 Å². The van der Waals surface area contributed by atoms with Crippen LogP contribution in [0.25, 0.3) is 43.1 Å². The highest BCUT2D eigenvalue weighted by Crippen LogP contribution is 2.69. The lowest BCUT2D eigenvalue weighted by molar-refractivity contribution is 1.58. The summed E-state index contributed by atoms with van der Waals surface area (Å²) in [6, 6.07) is 86.9. The average molecular weight is 840 g/mol. The lowest BCUT2D eigenvalue weighted by atomic mass is 9.89. The van der Waals surface area contributed by atoms with E-state index in [-0.39, 0.29) is 0 Å². The van der Waals surface area contributed by atoms with Gasteiger partial charge in [-0.05, 0) is 87.6 Å². The first-order valence-corrected chi connectivity index (χ1v) is 27.4. The van der Waals surface area contributed by atoms with E-state index in [9.17, 15) is 22.2 Å². The van der Waals surface area contributed by atoms with Gasteiger partial charge in [-0.15, -0.1) is 0 Å². The highest BCUT2D eigenvalue weighted by atomic mass is 35.6. The molecule has 0 atom stereocenters. The molecule has 0 amide bonds. The van der Waals surface area contributed by atoms with Gasteiger partial charge in [0, 0.05) is 0 Å². The largest absolute Gasteiger partial charge is 0.236 e. The Morgan fingerprint density at radius 3 is 0.467 bits per heavy atom. The van der Waals surface area contributed by atoms with Crippen molar-refractivity contribution in [1.82, 2.24) is 0 Å². The number of allylic oxidation sites excluding steroid dienone is 4. The van der Waals surface area contributed by atoms with Gasteiger partial charge in [0.15, 0.2) is 0 Å². The van der Waals surface area contributed by atoms with Gasteiger partial charge >= 0.3 is 0 Å². The standard InChI is InChI=1S/C56H40Cl2Si2/c57-59(53(45-33-17-5-18-34-45)49(41-25-9-1-10-26-41)50(42-27-11-2-12-28-42)54(59)46-35-19-6-20-36-46)60(58)55(47-37-21-7-22-38-47)51(43-29-13-3-14-30-43)52(44-31-15-4-16-32-44)56(60)48-39-23-8-24-40-48/h1-40H. The predicted molar refractivity (Wildman–Crippen MR) is 262 cm³/mol. The molecule has 10 rings (SSSR count). The van der Waals surface area contributed by atoms with Crippen LogP contribution in [0.2, 0.25) is 0 Å². The maximum absolute atomic E-state index is 9.49. The zero-order valence-corrected chi connectivity index (χ0v) is 36.4. The van der Waals surface area contributed by atoms with Crippen molar-refractivity contribution < 1.29 is 0 Å². The first-order valence-electron chi connectivity index (χ1n) is 20.4. The Hall–Kier alpha value is -6.27. The molecule has 0 unspecified atom stereocenters. The number of rotatable bonds is 9. The van der Waals surface area contributed by atoms with Gasteiger partial charge in [-0.25, -0.2) is 0 Å². The number of hydrogen-bond donors (Lipinski definition) is 0. The smallest absolute Gasteiger partial charge is 0.156 e. The fourth-order valence-corrected chi connectivity index (χ4v) is 29.3. The van der Waals surface area contributed by atoms with Gasteiger partial charge in [-0.3, -0.25) is 0 Å². The quantitative estimate of drug-likeness (QED) is 0.100. The fraction of sp³-hybridized carbons (Fsp3) is 0. The van der Waals surface area contributed by atoms with Gasteiger partial charge in [0.25, 0.3) is 0 Å². The van der Waals surface area contributed by atoms with Crippen LogP contribution in [0, 0.1) is 0 Å². The molecule has 4 heteroatoms. The molecule has 2 heterocycles. The zero-order valence-electron chi connectivity index (χ0n) is 32.8. The molecule has 0 aromatic heterocycles. The zero-order chi connectivity index (χ0) is 40.5. The van der Waals surface area contributed by atoms with Crippen molar-refractivity contribution in [2.24, 2.45) is 0 Å². The van der Waals surface area contributed by atoms with Crippen molar-refractivity contribution in [2.75, 3.05) is 0 Å². The van der Waals surface area contributed by atoms with Crippen LogP contribution in [0.15, 0.2) is 243 Å². The summed E-state index contributed by atoms with van der Waals surface area (Å²) in [5.41, 5.74) is 13.5. The van der Waals surface area contributed by atoms with Crippen LogP contribution in [0.3, 0.4) is 0 Å². The molecule has 0 N–H and O–H groups in total. The molecular formula is C56H40Cl2Si2. The van der Waals surface area contributed by atoms with Crippen LogP contribution in [0.4, 0.5) is 0 Å². The van der Waals surface area contributed by atoms with Crippen molar-refractivity contribution in [3.63, 3.8) is 0 Å². The van der Waals surface area contributed by atoms with Crippen LogP contribution < -0.4 is 0 Å². The minimum Gasteiger partial charge on any atom is -0.156 e. The molecule has 0 saturated heterocycles. The minimum atomic E-state index is -3.83. The molecule has 0 radical (unpaired) electrons. The Balaban J connectivity index is 1.49. The van der Waals surface area contributed by atoms with E-state index in [4.69, 9.17) is 0 Å². The van der Waals surface area contributed by atoms with Crippen molar-refractivity contribution in [3.05, 3.63) is 287 Å². The molecule has 286 valence electrons. The molecule has 8 aromatic rings. The van der Waals surface area contributed by atoms with E-state index in [2.05, 4.69) is 243 Å². The fourth-order valence-electron chi connectivity index (χ4n) is 9.49. The summed E-state index contributed by atoms with van der Waals surface area (Å²) in [6.07, 6.45) is 0. The number of hydrogen-bond acceptors (Lipinski definition) is 0. The van der Waals surface area contributed by atoms with Crippen LogP contribution in [0.1, 0.15) is 44.5 Å². The van der Waals surface area contributed by atoms with Crippen molar-refractivity contribution in [1.29, 1.82) is 0 Å². The third kappa shape index (κ3) is 6.18. The Bertz CT molecular complexity index is 2520. The maximum Gasteiger partial charge on any atom is 0.236 e. The Morgan fingerprint density at radius 2 is 0.317 bits per heavy atom. The molecular weight excluding hydrogens is 800 g/mol. The molecule has 2 aliphatic heterocycles. The monoisotopic (exact) mass is 838 g/mol. The Morgan fingerprint density at radius 1 is 0.183 bits per heavy atom. The summed E-state index contributed by atoms with van der Waals surface area (Å²) >= 11 is 19.0. The predicted octanol–water partition coefficient (Wildman–Crippen LogP) is 15.1. The summed E-state index contributed by atoms with van der Waals surface area (Å²) < 4.78 is 0. The topological polar surface area (TPSA) is 0 Å². The summed E-state index contributed by atoms with van der Waals surface area (Å²) in [6.45, 7) is -7.66. The first-order chi connectivity index (χ1) is 29.6. The van der Waals surface area contributed by atoms with Crippen molar-refractivity contribution in [3.8, 4) is 0 Å². The van der Waals surface area contributed by atoms with Crippen LogP contribution in [0.5, 0.6) is 0 Å². The second kappa shape index (κ2) is 16.1. The second-order valence-electron chi connectivity index (χ2n) is 15.2. The van der Waals surface area contributed by atoms with E-state index < -0.39 is 13.8 Å². The highest BCUT2D eigenvalue weighted by molar-refractivity contribution is 7.89. The molecule has 0 saturated carbocycles. The van der Waals surface area contributed by atoms with E-state index in [1.54, 1.807) is 0 Å². The van der Waals surface area contributed by atoms with Crippen LogP contribution in [-0.4, -0.2) is 13.8 Å². The molecule has 0 bridgehead atoms. The molecule has 2 aliphatic rings. The van der Waals surface area contributed by atoms with Gasteiger partial charge in [0.1, 0.15) is 0 Å². The van der Waals surface area contributed by atoms with E-state index >= 15 is 0 Å². The summed E-state index contributed by atoms with van der Waals surface area (Å²) in [7, 11) is 0. The Kier molecular flexibility index (Phi) is 10.2. The lowest BCUT2D eigenvalue weighted by Crippen LogP contribution is -2.58. The molecule has 0 nitrogen and oxygen atoms in total. The molecule has 8 aromatic carbocycles. The van der Waals surface area contributed by atoms with Gasteiger partial charge in [0.2, 0.25) is 13.8 Å². The van der Waals surface area contributed by atoms with E-state index in [1.165, 1.54) is 0 Å². The average Bonchev–Trinajstić information content (AvgIpc) is 3.79. The van der Waals surface area contributed by atoms with Gasteiger partial charge in [-0.2, -0.15) is 22.2 Å². The third-order valence-corrected chi connectivity index (χ3v) is 31.8. The third-order valence-electron chi connectivity index (χ3n) is 11.9. The summed E-state index contributed by atoms with van der Waals surface area (Å²) in [5.74, 6) is 0. The molecule has 60 heavy (non-hydrogen) atoms. The van der Waals surface area contributed by atoms with Crippen LogP contribution in [-0.2, 0) is 0 Å². The normalized spacial score (nSPS) is 15.8. The molecule has 0 fully saturated rings. The summed E-state index contributed by atoms with van der Waals surface area (Å²) in [5, 5.41) is 4.61. The lowest BCUT2D eigenvalue weighted by Gasteiger charge is -2.42.